The Bertz CT molecular complexity index is 371. The Morgan fingerprint density at radius 1 is 1.36 bits per heavy atom. The number of Topliss-reactive ketones (excluding diaryl/α,β-unsaturated/α-hetero) is 1. The third-order valence-corrected chi connectivity index (χ3v) is 2.85. The summed E-state index contributed by atoms with van der Waals surface area (Å²) in [6, 6.07) is 6.05. The van der Waals surface area contributed by atoms with Crippen molar-refractivity contribution >= 4 is 5.78 Å². The Labute approximate surface area is 84.5 Å². The summed E-state index contributed by atoms with van der Waals surface area (Å²) in [6.07, 6.45) is 0. The third-order valence-electron chi connectivity index (χ3n) is 2.85. The molecule has 1 aliphatic rings. The molecule has 0 N–H and O–H groups in total. The highest BCUT2D eigenvalue weighted by atomic mass is 16.1. The lowest BCUT2D eigenvalue weighted by Gasteiger charge is -2.09. The molecule has 1 aromatic rings. The first kappa shape index (κ1) is 9.41. The van der Waals surface area contributed by atoms with E-state index in [0.29, 0.717) is 0 Å². The number of carbonyl (C=O) groups excluding carboxylic acids is 1. The molecule has 0 aliphatic carbocycles. The lowest BCUT2D eigenvalue weighted by molar-refractivity contribution is 0.101. The summed E-state index contributed by atoms with van der Waals surface area (Å²) < 4.78 is 0. The van der Waals surface area contributed by atoms with Gasteiger partial charge in [0.15, 0.2) is 5.78 Å². The molecule has 0 aromatic heterocycles. The molecule has 0 saturated heterocycles. The molecule has 1 heterocycles. The van der Waals surface area contributed by atoms with Crippen molar-refractivity contribution in [1.29, 1.82) is 0 Å². The van der Waals surface area contributed by atoms with Crippen LogP contribution in [-0.4, -0.2) is 17.2 Å². The van der Waals surface area contributed by atoms with Gasteiger partial charge in [-0.05, 0) is 30.7 Å². The van der Waals surface area contributed by atoms with Crippen LogP contribution in [0.3, 0.4) is 0 Å². The zero-order chi connectivity index (χ0) is 10.1. The number of rotatable bonds is 2. The fourth-order valence-electron chi connectivity index (χ4n) is 1.91. The molecule has 2 nitrogen and oxygen atoms in total. The minimum absolute atomic E-state index is 0.155. The quantitative estimate of drug-likeness (QED) is 0.665. The van der Waals surface area contributed by atoms with Crippen molar-refractivity contribution < 1.29 is 4.79 Å². The van der Waals surface area contributed by atoms with E-state index in [1.165, 1.54) is 11.1 Å². The molecule has 0 unspecified atom stereocenters. The van der Waals surface area contributed by atoms with Gasteiger partial charge in [0.2, 0.25) is 0 Å². The second-order valence-corrected chi connectivity index (χ2v) is 3.84. The zero-order valence-corrected chi connectivity index (χ0v) is 8.71. The highest BCUT2D eigenvalue weighted by Crippen LogP contribution is 2.23. The van der Waals surface area contributed by atoms with Crippen LogP contribution in [0.15, 0.2) is 18.2 Å². The van der Waals surface area contributed by atoms with Crippen LogP contribution >= 0.6 is 0 Å². The molecule has 1 aliphatic heterocycles. The van der Waals surface area contributed by atoms with Crippen molar-refractivity contribution in [3.8, 4) is 0 Å². The first-order valence-corrected chi connectivity index (χ1v) is 5.06. The van der Waals surface area contributed by atoms with Crippen molar-refractivity contribution in [3.05, 3.63) is 34.9 Å². The summed E-state index contributed by atoms with van der Waals surface area (Å²) in [5, 5.41) is 0. The van der Waals surface area contributed by atoms with Gasteiger partial charge in [0.05, 0.1) is 0 Å². The maximum atomic E-state index is 11.2. The molecule has 1 aromatic carbocycles. The van der Waals surface area contributed by atoms with E-state index in [-0.39, 0.29) is 5.78 Å². The predicted octanol–water partition coefficient (Wildman–Crippen LogP) is 2.22. The summed E-state index contributed by atoms with van der Waals surface area (Å²) in [7, 11) is 0. The molecule has 14 heavy (non-hydrogen) atoms. The summed E-state index contributed by atoms with van der Waals surface area (Å²) in [4.78, 5) is 13.6. The molecule has 2 rings (SSSR count). The maximum absolute atomic E-state index is 11.2. The van der Waals surface area contributed by atoms with Gasteiger partial charge in [-0.25, -0.2) is 0 Å². The van der Waals surface area contributed by atoms with Crippen LogP contribution in [-0.2, 0) is 13.1 Å². The maximum Gasteiger partial charge on any atom is 0.159 e. The number of hydrogen-bond acceptors (Lipinski definition) is 2. The average Bonchev–Trinajstić information content (AvgIpc) is 2.58. The number of fused-ring (bicyclic) bond motifs is 1. The Morgan fingerprint density at radius 3 is 2.71 bits per heavy atom. The summed E-state index contributed by atoms with van der Waals surface area (Å²) >= 11 is 0. The van der Waals surface area contributed by atoms with E-state index in [2.05, 4.69) is 17.9 Å². The summed E-state index contributed by atoms with van der Waals surface area (Å²) in [5.41, 5.74) is 3.53. The van der Waals surface area contributed by atoms with E-state index in [4.69, 9.17) is 0 Å². The number of ketones is 1. The molecule has 0 radical (unpaired) electrons. The van der Waals surface area contributed by atoms with Crippen molar-refractivity contribution in [2.45, 2.75) is 26.9 Å². The normalized spacial score (nSPS) is 15.6. The third kappa shape index (κ3) is 1.58. The fraction of sp³-hybridized carbons (Fsp3) is 0.417. The number of benzene rings is 1. The largest absolute Gasteiger partial charge is 0.295 e. The highest BCUT2D eigenvalue weighted by Gasteiger charge is 2.17. The minimum atomic E-state index is 0.155. The molecule has 0 fully saturated rings. The molecule has 2 heteroatoms. The van der Waals surface area contributed by atoms with Crippen molar-refractivity contribution in [2.75, 3.05) is 6.54 Å². The van der Waals surface area contributed by atoms with Gasteiger partial charge >= 0.3 is 0 Å². The van der Waals surface area contributed by atoms with Crippen LogP contribution in [0.25, 0.3) is 0 Å². The van der Waals surface area contributed by atoms with E-state index < -0.39 is 0 Å². The molecule has 0 saturated carbocycles. The van der Waals surface area contributed by atoms with E-state index in [1.807, 2.05) is 12.1 Å². The molecule has 0 spiro atoms. The van der Waals surface area contributed by atoms with Crippen molar-refractivity contribution in [2.24, 2.45) is 0 Å². The molecule has 74 valence electrons. The van der Waals surface area contributed by atoms with Crippen LogP contribution in [0.4, 0.5) is 0 Å². The van der Waals surface area contributed by atoms with Crippen LogP contribution in [0.1, 0.15) is 35.3 Å². The van der Waals surface area contributed by atoms with Gasteiger partial charge in [0.25, 0.3) is 0 Å². The van der Waals surface area contributed by atoms with Gasteiger partial charge in [-0.3, -0.25) is 9.69 Å². The molecule has 0 amide bonds. The first-order chi connectivity index (χ1) is 6.70. The SMILES string of the molecule is CCN1Cc2ccc(C(C)=O)cc2C1. The lowest BCUT2D eigenvalue weighted by Crippen LogP contribution is -2.14. The fourth-order valence-corrected chi connectivity index (χ4v) is 1.91. The first-order valence-electron chi connectivity index (χ1n) is 5.06. The van der Waals surface area contributed by atoms with Crippen molar-refractivity contribution in [3.63, 3.8) is 0 Å². The Hall–Kier alpha value is -1.15. The predicted molar refractivity (Wildman–Crippen MR) is 56.2 cm³/mol. The second-order valence-electron chi connectivity index (χ2n) is 3.84. The van der Waals surface area contributed by atoms with Gasteiger partial charge < -0.3 is 0 Å². The van der Waals surface area contributed by atoms with E-state index in [9.17, 15) is 4.79 Å². The van der Waals surface area contributed by atoms with E-state index in [0.717, 1.165) is 25.2 Å². The smallest absolute Gasteiger partial charge is 0.159 e. The summed E-state index contributed by atoms with van der Waals surface area (Å²) in [5.74, 6) is 0.155. The standard InChI is InChI=1S/C12H15NO/c1-3-13-7-11-5-4-10(9(2)14)6-12(11)8-13/h4-6H,3,7-8H2,1-2H3. The monoisotopic (exact) mass is 189 g/mol. The Morgan fingerprint density at radius 2 is 2.07 bits per heavy atom. The van der Waals surface area contributed by atoms with Crippen LogP contribution in [0.2, 0.25) is 0 Å². The van der Waals surface area contributed by atoms with Crippen LogP contribution < -0.4 is 0 Å². The lowest BCUT2D eigenvalue weighted by atomic mass is 10.0. The van der Waals surface area contributed by atoms with Crippen LogP contribution in [0.5, 0.6) is 0 Å². The van der Waals surface area contributed by atoms with Crippen molar-refractivity contribution in [1.82, 2.24) is 4.90 Å². The molecule has 0 atom stereocenters. The number of hydrogen-bond donors (Lipinski definition) is 0. The molecular formula is C12H15NO. The van der Waals surface area contributed by atoms with Gasteiger partial charge in [-0.2, -0.15) is 0 Å². The van der Waals surface area contributed by atoms with E-state index >= 15 is 0 Å². The molecular weight excluding hydrogens is 174 g/mol. The topological polar surface area (TPSA) is 20.3 Å². The average molecular weight is 189 g/mol. The highest BCUT2D eigenvalue weighted by molar-refractivity contribution is 5.94. The van der Waals surface area contributed by atoms with Gasteiger partial charge in [0.1, 0.15) is 0 Å². The zero-order valence-electron chi connectivity index (χ0n) is 8.71. The van der Waals surface area contributed by atoms with Gasteiger partial charge in [-0.1, -0.05) is 19.1 Å². The van der Waals surface area contributed by atoms with Gasteiger partial charge in [0, 0.05) is 18.7 Å². The summed E-state index contributed by atoms with van der Waals surface area (Å²) in [6.45, 7) is 6.88. The van der Waals surface area contributed by atoms with Gasteiger partial charge in [-0.15, -0.1) is 0 Å². The number of nitrogens with zero attached hydrogens (tertiary/aromatic N) is 1. The van der Waals surface area contributed by atoms with Crippen LogP contribution in [0, 0.1) is 0 Å². The number of carbonyl (C=O) groups is 1. The Kier molecular flexibility index (Phi) is 2.38. The minimum Gasteiger partial charge on any atom is -0.295 e. The molecule has 0 bridgehead atoms. The van der Waals surface area contributed by atoms with E-state index in [1.54, 1.807) is 6.92 Å². The Balaban J connectivity index is 2.31. The second kappa shape index (κ2) is 3.54.